The maximum atomic E-state index is 12.5. The summed E-state index contributed by atoms with van der Waals surface area (Å²) in [6.45, 7) is 11.1. The summed E-state index contributed by atoms with van der Waals surface area (Å²) in [7, 11) is -10.6. The van der Waals surface area contributed by atoms with E-state index in [4.69, 9.17) is 47.4 Å². The summed E-state index contributed by atoms with van der Waals surface area (Å²) in [5.74, 6) is -1.42. The van der Waals surface area contributed by atoms with Crippen molar-refractivity contribution in [1.29, 1.82) is 0 Å². The van der Waals surface area contributed by atoms with E-state index in [1.54, 1.807) is 44.6 Å². The van der Waals surface area contributed by atoms with Gasteiger partial charge in [-0.1, -0.05) is 36.8 Å². The molecule has 0 radical (unpaired) electrons. The summed E-state index contributed by atoms with van der Waals surface area (Å²) < 4.78 is 162. The third-order valence-electron chi connectivity index (χ3n) is 13.6. The molecule has 2 aromatic carbocycles. The van der Waals surface area contributed by atoms with Crippen LogP contribution in [0.2, 0.25) is 0 Å². The van der Waals surface area contributed by atoms with E-state index in [2.05, 4.69) is 4.90 Å². The van der Waals surface area contributed by atoms with E-state index in [1.807, 2.05) is 36.7 Å². The number of hydrogen-bond donors (Lipinski definition) is 3. The van der Waals surface area contributed by atoms with Gasteiger partial charge in [0.1, 0.15) is 16.7 Å². The molecule has 0 saturated carbocycles. The molecule has 3 N–H and O–H groups in total. The normalized spacial score (nSPS) is 18.1. The Morgan fingerprint density at radius 3 is 1.56 bits per heavy atom. The highest BCUT2D eigenvalue weighted by Crippen LogP contribution is 2.51. The van der Waals surface area contributed by atoms with Crippen molar-refractivity contribution in [3.63, 3.8) is 0 Å². The number of methoxy groups -OCH3 is 2. The highest BCUT2D eigenvalue weighted by atomic mass is 32.2. The van der Waals surface area contributed by atoms with Gasteiger partial charge in [-0.25, -0.2) is 8.42 Å². The number of aliphatic carboxylic acids is 1. The minimum absolute atomic E-state index is 0.0161. The van der Waals surface area contributed by atoms with Crippen LogP contribution in [0.15, 0.2) is 94.4 Å². The van der Waals surface area contributed by atoms with Crippen LogP contribution in [-0.4, -0.2) is 212 Å². The van der Waals surface area contributed by atoms with Crippen LogP contribution in [0.25, 0.3) is 0 Å². The van der Waals surface area contributed by atoms with Crippen LogP contribution in [0.1, 0.15) is 69.9 Å². The van der Waals surface area contributed by atoms with Gasteiger partial charge in [0.05, 0.1) is 127 Å². The van der Waals surface area contributed by atoms with Gasteiger partial charge >= 0.3 is 5.97 Å². The number of benzene rings is 2. The minimum Gasteiger partial charge on any atom is -0.744 e. The van der Waals surface area contributed by atoms with E-state index in [0.717, 1.165) is 11.4 Å². The van der Waals surface area contributed by atoms with Gasteiger partial charge in [0, 0.05) is 81.3 Å². The zero-order valence-corrected chi connectivity index (χ0v) is 50.1. The van der Waals surface area contributed by atoms with Gasteiger partial charge in [-0.05, 0) is 81.5 Å². The highest BCUT2D eigenvalue weighted by molar-refractivity contribution is 7.86. The summed E-state index contributed by atoms with van der Waals surface area (Å²) in [4.78, 5) is 12.7. The predicted octanol–water partition coefficient (Wildman–Crippen LogP) is 5.65. The van der Waals surface area contributed by atoms with Crippen LogP contribution in [0.5, 0.6) is 0 Å². The molecule has 2 atom stereocenters. The molecule has 0 fully saturated rings. The van der Waals surface area contributed by atoms with Crippen LogP contribution < -0.4 is 4.90 Å². The summed E-state index contributed by atoms with van der Waals surface area (Å²) in [6, 6.07) is 8.56. The Labute approximate surface area is 484 Å². The van der Waals surface area contributed by atoms with Gasteiger partial charge < -0.3 is 61.9 Å². The molecule has 0 aromatic heterocycles. The van der Waals surface area contributed by atoms with Gasteiger partial charge in [-0.2, -0.15) is 21.4 Å². The molecule has 26 heteroatoms. The SMILES string of the molecule is COCCOCCOCCOCCOCCC1(C)C(=CC=CC=CC=CC2=[N+](CCCS(=O)(=O)O)c3ccc(S(=O)(=O)[O-])cc3C2(C)CCOCCOCCOCCOCCOC)N(CCCCCC(=O)O)c2ccc(S(=O)(=O)O)cc21. The first-order valence-corrected chi connectivity index (χ1v) is 31.8. The Bertz CT molecular complexity index is 2780. The second kappa shape index (κ2) is 36.5. The van der Waals surface area contributed by atoms with Crippen LogP contribution >= 0.6 is 0 Å². The lowest BCUT2D eigenvalue weighted by atomic mass is 9.76. The van der Waals surface area contributed by atoms with E-state index in [-0.39, 0.29) is 57.3 Å². The zero-order chi connectivity index (χ0) is 59.9. The van der Waals surface area contributed by atoms with Gasteiger partial charge in [0.2, 0.25) is 5.69 Å². The Morgan fingerprint density at radius 1 is 0.585 bits per heavy atom. The molecule has 2 unspecified atom stereocenters. The van der Waals surface area contributed by atoms with E-state index in [1.165, 1.54) is 30.3 Å². The molecule has 2 aliphatic heterocycles. The van der Waals surface area contributed by atoms with Gasteiger partial charge in [0.25, 0.3) is 20.2 Å². The van der Waals surface area contributed by atoms with E-state index in [9.17, 15) is 48.8 Å². The molecule has 0 aliphatic carbocycles. The number of ether oxygens (including phenoxy) is 10. The number of carbonyl (C=O) groups is 1. The number of anilines is 1. The molecule has 0 bridgehead atoms. The second-order valence-corrected chi connectivity index (χ2v) is 23.9. The largest absolute Gasteiger partial charge is 0.744 e. The number of nitrogens with zero attached hydrogens (tertiary/aromatic N) is 2. The van der Waals surface area contributed by atoms with Crippen LogP contribution in [0, 0.1) is 0 Å². The number of hydrogen-bond acceptors (Lipinski definition) is 19. The maximum Gasteiger partial charge on any atom is 0.303 e. The van der Waals surface area contributed by atoms with Gasteiger partial charge in [0.15, 0.2) is 5.71 Å². The Morgan fingerprint density at radius 2 is 1.06 bits per heavy atom. The van der Waals surface area contributed by atoms with E-state index >= 15 is 0 Å². The van der Waals surface area contributed by atoms with Crippen molar-refractivity contribution in [2.45, 2.75) is 79.4 Å². The van der Waals surface area contributed by atoms with E-state index < -0.39 is 57.8 Å². The molecule has 82 heavy (non-hydrogen) atoms. The summed E-state index contributed by atoms with van der Waals surface area (Å²) in [6.07, 6.45) is 15.2. The first kappa shape index (κ1) is 70.2. The van der Waals surface area contributed by atoms with Crippen LogP contribution in [0.3, 0.4) is 0 Å². The molecule has 0 spiro atoms. The molecule has 4 rings (SSSR count). The topological polar surface area (TPSA) is 302 Å². The van der Waals surface area contributed by atoms with Crippen LogP contribution in [-0.2, 0) is 93.3 Å². The number of carboxylic acids is 1. The lowest BCUT2D eigenvalue weighted by Crippen LogP contribution is -2.33. The van der Waals surface area contributed by atoms with Crippen molar-refractivity contribution < 1.29 is 101 Å². The fourth-order valence-corrected chi connectivity index (χ4v) is 10.9. The predicted molar refractivity (Wildman–Crippen MR) is 305 cm³/mol. The summed E-state index contributed by atoms with van der Waals surface area (Å²) >= 11 is 0. The van der Waals surface area contributed by atoms with Crippen molar-refractivity contribution in [1.82, 2.24) is 0 Å². The lowest BCUT2D eigenvalue weighted by molar-refractivity contribution is -0.437. The molecule has 23 nitrogen and oxygen atoms in total. The molecule has 2 heterocycles. The third-order valence-corrected chi connectivity index (χ3v) is 16.1. The molecule has 0 saturated heterocycles. The molecular formula is C56H84N2O21S3. The summed E-state index contributed by atoms with van der Waals surface area (Å²) in [5.41, 5.74) is 2.13. The highest BCUT2D eigenvalue weighted by Gasteiger charge is 2.48. The quantitative estimate of drug-likeness (QED) is 0.0312. The number of carboxylic acid groups (broad SMARTS) is 1. The maximum absolute atomic E-state index is 12.5. The second-order valence-electron chi connectivity index (χ2n) is 19.5. The molecular weight excluding hydrogens is 1130 g/mol. The van der Waals surface area contributed by atoms with Crippen molar-refractivity contribution in [3.05, 3.63) is 95.8 Å². The zero-order valence-electron chi connectivity index (χ0n) is 47.6. The molecule has 2 aromatic rings. The van der Waals surface area contributed by atoms with Crippen molar-refractivity contribution in [2.24, 2.45) is 0 Å². The van der Waals surface area contributed by atoms with Crippen molar-refractivity contribution in [3.8, 4) is 0 Å². The first-order chi connectivity index (χ1) is 39.2. The number of allylic oxidation sites excluding steroid dienone is 8. The summed E-state index contributed by atoms with van der Waals surface area (Å²) in [5, 5.41) is 9.26. The Hall–Kier alpha value is -4.33. The lowest BCUT2D eigenvalue weighted by Gasteiger charge is -2.30. The van der Waals surface area contributed by atoms with Gasteiger partial charge in [-0.15, -0.1) is 0 Å². The van der Waals surface area contributed by atoms with E-state index in [0.29, 0.717) is 147 Å². The third kappa shape index (κ3) is 24.0. The van der Waals surface area contributed by atoms with Crippen molar-refractivity contribution in [2.75, 3.05) is 157 Å². The molecule has 0 amide bonds. The van der Waals surface area contributed by atoms with Gasteiger partial charge in [-0.3, -0.25) is 13.9 Å². The standard InChI is InChI=1S/C56H84N2O21S3/c1-55(21-25-72-31-33-76-39-41-78-37-35-74-29-27-70-3)48-44-46(81(64,65)66)17-19-50(48)57(23-12-8-11-16-54(59)60)52(55)14-9-6-5-7-10-15-53-56(2,22-26-73-32-34-77-40-42-79-38-36-75-30-28-71-4)49-45-47(82(67,68)69)18-20-51(49)58(53)24-13-43-80(61,62)63/h5-7,9-10,14-15,17-20,44-45H,8,11-13,16,21-43H2,1-4H3,(H3-,59,60,61,62,63,64,65,66,67,68,69). The average molecular weight is 1220 g/mol. The Balaban J connectivity index is 1.57. The number of fused-ring (bicyclic) bond motifs is 2. The molecule has 462 valence electrons. The number of unbranched alkanes of at least 4 members (excludes halogenated alkanes) is 2. The number of rotatable bonds is 46. The monoisotopic (exact) mass is 1220 g/mol. The first-order valence-electron chi connectivity index (χ1n) is 27.3. The minimum atomic E-state index is -4.87. The average Bonchev–Trinajstić information content (AvgIpc) is 3.21. The fourth-order valence-electron chi connectivity index (χ4n) is 9.36. The smallest absolute Gasteiger partial charge is 0.303 e. The van der Waals surface area contributed by atoms with Crippen LogP contribution in [0.4, 0.5) is 11.4 Å². The molecule has 2 aliphatic rings. The fraction of sp³-hybridized carbons (Fsp3) is 0.607. The Kier molecular flexibility index (Phi) is 31.2. The van der Waals surface area contributed by atoms with Crippen molar-refractivity contribution >= 4 is 53.4 Å².